The summed E-state index contributed by atoms with van der Waals surface area (Å²) < 4.78 is 26.8. The maximum atomic E-state index is 13.9. The molecule has 2 aliphatic heterocycles. The van der Waals surface area contributed by atoms with Gasteiger partial charge in [-0.1, -0.05) is 6.07 Å². The molecule has 3 rings (SSSR count). The average Bonchev–Trinajstić information content (AvgIpc) is 2.68. The Hall–Kier alpha value is -0.710. The molecule has 3 unspecified atom stereocenters. The lowest BCUT2D eigenvalue weighted by Gasteiger charge is -2.30. The van der Waals surface area contributed by atoms with Gasteiger partial charge in [-0.3, -0.25) is 4.90 Å². The number of fused-ring (bicyclic) bond motifs is 2. The molecular formula is C15H21ClF2N2. The van der Waals surface area contributed by atoms with Crippen molar-refractivity contribution in [2.75, 3.05) is 13.1 Å². The number of rotatable bonds is 2. The minimum Gasteiger partial charge on any atom is -0.310 e. The Bertz CT molecular complexity index is 469. The zero-order valence-electron chi connectivity index (χ0n) is 11.6. The highest BCUT2D eigenvalue weighted by atomic mass is 35.5. The van der Waals surface area contributed by atoms with Crippen LogP contribution in [0.2, 0.25) is 0 Å². The van der Waals surface area contributed by atoms with Crippen LogP contribution in [-0.2, 0) is 0 Å². The molecule has 2 heterocycles. The first kappa shape index (κ1) is 15.7. The highest BCUT2D eigenvalue weighted by Crippen LogP contribution is 2.28. The predicted octanol–water partition coefficient (Wildman–Crippen LogP) is 3.27. The summed E-state index contributed by atoms with van der Waals surface area (Å²) in [5.74, 6) is -0.945. The zero-order chi connectivity index (χ0) is 13.4. The highest BCUT2D eigenvalue weighted by Gasteiger charge is 2.31. The van der Waals surface area contributed by atoms with Crippen LogP contribution in [0.1, 0.15) is 37.8 Å². The molecule has 1 aromatic carbocycles. The maximum absolute atomic E-state index is 13.9. The van der Waals surface area contributed by atoms with Crippen molar-refractivity contribution >= 4 is 12.4 Å². The Morgan fingerprint density at radius 3 is 2.70 bits per heavy atom. The van der Waals surface area contributed by atoms with Crippen molar-refractivity contribution in [3.63, 3.8) is 0 Å². The van der Waals surface area contributed by atoms with Crippen LogP contribution in [0.15, 0.2) is 18.2 Å². The summed E-state index contributed by atoms with van der Waals surface area (Å²) in [5.41, 5.74) is 0.596. The molecule has 3 atom stereocenters. The zero-order valence-corrected chi connectivity index (χ0v) is 12.4. The number of likely N-dealkylation sites (tertiary alicyclic amines) is 1. The largest absolute Gasteiger partial charge is 0.310 e. The van der Waals surface area contributed by atoms with Crippen molar-refractivity contribution in [2.45, 2.75) is 44.3 Å². The summed E-state index contributed by atoms with van der Waals surface area (Å²) >= 11 is 0. The minimum absolute atomic E-state index is 0. The van der Waals surface area contributed by atoms with Gasteiger partial charge in [0.05, 0.1) is 0 Å². The monoisotopic (exact) mass is 302 g/mol. The molecule has 0 spiro atoms. The van der Waals surface area contributed by atoms with E-state index in [2.05, 4.69) is 10.2 Å². The highest BCUT2D eigenvalue weighted by molar-refractivity contribution is 5.85. The van der Waals surface area contributed by atoms with Crippen LogP contribution in [0, 0.1) is 11.6 Å². The normalized spacial score (nSPS) is 27.8. The lowest BCUT2D eigenvalue weighted by molar-refractivity contribution is 0.196. The fourth-order valence-corrected chi connectivity index (χ4v) is 3.36. The van der Waals surface area contributed by atoms with Gasteiger partial charge in [-0.05, 0) is 32.3 Å². The molecule has 2 nitrogen and oxygen atoms in total. The lowest BCUT2D eigenvalue weighted by Crippen LogP contribution is -2.37. The second-order valence-electron chi connectivity index (χ2n) is 5.76. The summed E-state index contributed by atoms with van der Waals surface area (Å²) in [4.78, 5) is 2.31. The third kappa shape index (κ3) is 3.13. The molecule has 0 amide bonds. The summed E-state index contributed by atoms with van der Waals surface area (Å²) in [6, 6.07) is 5.05. The maximum Gasteiger partial charge on any atom is 0.130 e. The molecule has 2 bridgehead atoms. The van der Waals surface area contributed by atoms with Crippen LogP contribution in [-0.4, -0.2) is 30.1 Å². The first-order valence-corrected chi connectivity index (χ1v) is 7.08. The SMILES string of the molecule is CC(c1ccc(F)cc1F)N1CCC2CCC(C1)N2.Cl. The second kappa shape index (κ2) is 6.37. The van der Waals surface area contributed by atoms with Crippen molar-refractivity contribution in [1.29, 1.82) is 0 Å². The summed E-state index contributed by atoms with van der Waals surface area (Å²) in [7, 11) is 0. The van der Waals surface area contributed by atoms with E-state index in [0.717, 1.165) is 25.6 Å². The van der Waals surface area contributed by atoms with Crippen LogP contribution in [0.5, 0.6) is 0 Å². The van der Waals surface area contributed by atoms with Crippen LogP contribution in [0.25, 0.3) is 0 Å². The number of halogens is 3. The van der Waals surface area contributed by atoms with Crippen molar-refractivity contribution in [1.82, 2.24) is 10.2 Å². The van der Waals surface area contributed by atoms with E-state index in [1.165, 1.54) is 18.9 Å². The van der Waals surface area contributed by atoms with Gasteiger partial charge >= 0.3 is 0 Å². The van der Waals surface area contributed by atoms with E-state index in [1.807, 2.05) is 6.92 Å². The van der Waals surface area contributed by atoms with Gasteiger partial charge in [-0.25, -0.2) is 8.78 Å². The number of hydrogen-bond acceptors (Lipinski definition) is 2. The molecule has 1 aromatic rings. The van der Waals surface area contributed by atoms with Gasteiger partial charge in [-0.15, -0.1) is 12.4 Å². The number of benzene rings is 1. The van der Waals surface area contributed by atoms with Crippen LogP contribution in [0.4, 0.5) is 8.78 Å². The number of nitrogens with zero attached hydrogens (tertiary/aromatic N) is 1. The van der Waals surface area contributed by atoms with Gasteiger partial charge in [-0.2, -0.15) is 0 Å². The van der Waals surface area contributed by atoms with Gasteiger partial charge in [0.1, 0.15) is 11.6 Å². The quantitative estimate of drug-likeness (QED) is 0.902. The van der Waals surface area contributed by atoms with E-state index in [0.29, 0.717) is 17.6 Å². The van der Waals surface area contributed by atoms with Crippen LogP contribution in [0.3, 0.4) is 0 Å². The standard InChI is InChI=1S/C15H20F2N2.ClH/c1-10(14-5-2-11(16)8-15(14)17)19-7-6-12-3-4-13(9-19)18-12;/h2,5,8,10,12-13,18H,3-4,6-7,9H2,1H3;1H. The Kier molecular flexibility index (Phi) is 4.99. The van der Waals surface area contributed by atoms with E-state index in [9.17, 15) is 8.78 Å². The molecule has 2 fully saturated rings. The van der Waals surface area contributed by atoms with E-state index >= 15 is 0 Å². The van der Waals surface area contributed by atoms with Crippen molar-refractivity contribution < 1.29 is 8.78 Å². The van der Waals surface area contributed by atoms with E-state index in [1.54, 1.807) is 6.07 Å². The van der Waals surface area contributed by atoms with Gasteiger partial charge in [0.2, 0.25) is 0 Å². The van der Waals surface area contributed by atoms with Gasteiger partial charge < -0.3 is 5.32 Å². The fraction of sp³-hybridized carbons (Fsp3) is 0.600. The van der Waals surface area contributed by atoms with Crippen molar-refractivity contribution in [2.24, 2.45) is 0 Å². The van der Waals surface area contributed by atoms with Crippen molar-refractivity contribution in [3.05, 3.63) is 35.4 Å². The summed E-state index contributed by atoms with van der Waals surface area (Å²) in [6.07, 6.45) is 3.58. The number of nitrogens with one attached hydrogen (secondary N) is 1. The molecule has 20 heavy (non-hydrogen) atoms. The van der Waals surface area contributed by atoms with Gasteiger partial charge in [0.15, 0.2) is 0 Å². The second-order valence-corrected chi connectivity index (χ2v) is 5.76. The molecule has 5 heteroatoms. The van der Waals surface area contributed by atoms with Gasteiger partial charge in [0, 0.05) is 42.8 Å². The Labute approximate surface area is 124 Å². The Morgan fingerprint density at radius 2 is 1.95 bits per heavy atom. The Morgan fingerprint density at radius 1 is 1.20 bits per heavy atom. The fourth-order valence-electron chi connectivity index (χ4n) is 3.36. The molecule has 0 radical (unpaired) electrons. The third-order valence-corrected chi connectivity index (χ3v) is 4.51. The van der Waals surface area contributed by atoms with Crippen LogP contribution >= 0.6 is 12.4 Å². The van der Waals surface area contributed by atoms with Crippen LogP contribution < -0.4 is 5.32 Å². The van der Waals surface area contributed by atoms with E-state index in [-0.39, 0.29) is 18.4 Å². The van der Waals surface area contributed by atoms with E-state index in [4.69, 9.17) is 0 Å². The smallest absolute Gasteiger partial charge is 0.130 e. The molecule has 2 saturated heterocycles. The Balaban J connectivity index is 0.00000147. The summed E-state index contributed by atoms with van der Waals surface area (Å²) in [6.45, 7) is 3.94. The minimum atomic E-state index is -0.509. The molecular weight excluding hydrogens is 282 g/mol. The van der Waals surface area contributed by atoms with Crippen molar-refractivity contribution in [3.8, 4) is 0 Å². The number of hydrogen-bond donors (Lipinski definition) is 1. The van der Waals surface area contributed by atoms with Gasteiger partial charge in [0.25, 0.3) is 0 Å². The third-order valence-electron chi connectivity index (χ3n) is 4.51. The molecule has 0 saturated carbocycles. The van der Waals surface area contributed by atoms with E-state index < -0.39 is 11.6 Å². The molecule has 0 aliphatic carbocycles. The average molecular weight is 303 g/mol. The molecule has 0 aromatic heterocycles. The first-order valence-electron chi connectivity index (χ1n) is 7.08. The lowest BCUT2D eigenvalue weighted by atomic mass is 10.0. The predicted molar refractivity (Wildman–Crippen MR) is 78.2 cm³/mol. The molecule has 112 valence electrons. The first-order chi connectivity index (χ1) is 9.13. The summed E-state index contributed by atoms with van der Waals surface area (Å²) in [5, 5.41) is 3.62. The topological polar surface area (TPSA) is 15.3 Å². The molecule has 2 aliphatic rings. The molecule has 1 N–H and O–H groups in total.